The standard InChI is InChI=1S/C23H28ClN5O2/c1-3-12-29-19(30)17-18(28-21(29)24)27-20(26-17)23-9-6-22(7-10-23,8-11-23)14-31-16-5-4-15(2)13-25-16/h4-5,13H,3,6-12,14H2,1-2H3,(H,26,27). The predicted molar refractivity (Wildman–Crippen MR) is 120 cm³/mol. The van der Waals surface area contributed by atoms with E-state index >= 15 is 0 Å². The van der Waals surface area contributed by atoms with Crippen molar-refractivity contribution in [2.45, 2.75) is 70.8 Å². The second-order valence-electron chi connectivity index (χ2n) is 9.36. The zero-order valence-electron chi connectivity index (χ0n) is 18.1. The first-order chi connectivity index (χ1) is 14.9. The molecule has 7 nitrogen and oxygen atoms in total. The van der Waals surface area contributed by atoms with Crippen molar-refractivity contribution in [3.8, 4) is 5.88 Å². The van der Waals surface area contributed by atoms with Gasteiger partial charge in [0.15, 0.2) is 11.2 Å². The third-order valence-electron chi connectivity index (χ3n) is 7.33. The summed E-state index contributed by atoms with van der Waals surface area (Å²) in [6.45, 7) is 5.30. The molecule has 3 heterocycles. The minimum absolute atomic E-state index is 0.0148. The van der Waals surface area contributed by atoms with Crippen molar-refractivity contribution < 1.29 is 4.74 Å². The number of nitrogens with one attached hydrogen (secondary N) is 1. The van der Waals surface area contributed by atoms with E-state index in [-0.39, 0.29) is 21.7 Å². The minimum atomic E-state index is -0.132. The van der Waals surface area contributed by atoms with Crippen molar-refractivity contribution in [3.05, 3.63) is 45.4 Å². The molecule has 0 aromatic carbocycles. The zero-order valence-corrected chi connectivity index (χ0v) is 18.8. The van der Waals surface area contributed by atoms with Crippen molar-refractivity contribution in [2.75, 3.05) is 6.61 Å². The molecule has 31 heavy (non-hydrogen) atoms. The van der Waals surface area contributed by atoms with Gasteiger partial charge in [0, 0.05) is 29.6 Å². The molecule has 1 N–H and O–H groups in total. The van der Waals surface area contributed by atoms with Gasteiger partial charge in [-0.1, -0.05) is 13.0 Å². The Morgan fingerprint density at radius 3 is 2.55 bits per heavy atom. The maximum atomic E-state index is 12.9. The maximum Gasteiger partial charge on any atom is 0.280 e. The van der Waals surface area contributed by atoms with Crippen LogP contribution in [-0.2, 0) is 12.0 Å². The van der Waals surface area contributed by atoms with E-state index in [9.17, 15) is 4.79 Å². The number of halogens is 1. The van der Waals surface area contributed by atoms with Crippen LogP contribution in [0.25, 0.3) is 11.2 Å². The molecule has 0 radical (unpaired) electrons. The first kappa shape index (κ1) is 20.5. The second-order valence-corrected chi connectivity index (χ2v) is 9.70. The molecule has 3 aromatic heterocycles. The largest absolute Gasteiger partial charge is 0.477 e. The summed E-state index contributed by atoms with van der Waals surface area (Å²) in [6.07, 6.45) is 9.03. The lowest BCUT2D eigenvalue weighted by atomic mass is 9.53. The van der Waals surface area contributed by atoms with Gasteiger partial charge in [0.1, 0.15) is 5.82 Å². The Morgan fingerprint density at radius 2 is 1.90 bits per heavy atom. The van der Waals surface area contributed by atoms with Crippen LogP contribution in [-0.4, -0.2) is 31.1 Å². The van der Waals surface area contributed by atoms with Gasteiger partial charge in [-0.25, -0.2) is 9.97 Å². The molecular formula is C23H28ClN5O2. The Balaban J connectivity index is 1.35. The third-order valence-corrected chi connectivity index (χ3v) is 7.61. The predicted octanol–water partition coefficient (Wildman–Crippen LogP) is 4.56. The van der Waals surface area contributed by atoms with Crippen LogP contribution >= 0.6 is 11.6 Å². The number of rotatable bonds is 6. The molecule has 3 saturated carbocycles. The molecule has 6 rings (SSSR count). The molecule has 0 saturated heterocycles. The fraction of sp³-hybridized carbons (Fsp3) is 0.565. The van der Waals surface area contributed by atoms with Gasteiger partial charge in [0.05, 0.1) is 6.61 Å². The van der Waals surface area contributed by atoms with Crippen LogP contribution in [0.4, 0.5) is 0 Å². The molecule has 0 spiro atoms. The van der Waals surface area contributed by atoms with E-state index < -0.39 is 0 Å². The minimum Gasteiger partial charge on any atom is -0.477 e. The van der Waals surface area contributed by atoms with E-state index in [1.807, 2.05) is 32.2 Å². The van der Waals surface area contributed by atoms with Crippen LogP contribution in [0.2, 0.25) is 5.28 Å². The number of hydrogen-bond donors (Lipinski definition) is 1. The zero-order chi connectivity index (χ0) is 21.6. The summed E-state index contributed by atoms with van der Waals surface area (Å²) < 4.78 is 7.59. The molecule has 164 valence electrons. The van der Waals surface area contributed by atoms with E-state index in [0.717, 1.165) is 56.3 Å². The molecule has 3 aromatic rings. The Bertz CT molecular complexity index is 1140. The number of pyridine rings is 1. The second kappa shape index (κ2) is 7.62. The van der Waals surface area contributed by atoms with Gasteiger partial charge in [-0.3, -0.25) is 9.36 Å². The van der Waals surface area contributed by atoms with Crippen LogP contribution in [0.3, 0.4) is 0 Å². The summed E-state index contributed by atoms with van der Waals surface area (Å²) in [4.78, 5) is 29.7. The quantitative estimate of drug-likeness (QED) is 0.567. The van der Waals surface area contributed by atoms with Crippen molar-refractivity contribution in [1.29, 1.82) is 0 Å². The first-order valence-electron chi connectivity index (χ1n) is 11.2. The average Bonchev–Trinajstić information content (AvgIpc) is 3.23. The summed E-state index contributed by atoms with van der Waals surface area (Å²) >= 11 is 6.25. The topological polar surface area (TPSA) is 85.7 Å². The highest BCUT2D eigenvalue weighted by atomic mass is 35.5. The van der Waals surface area contributed by atoms with Crippen molar-refractivity contribution in [3.63, 3.8) is 0 Å². The SMILES string of the molecule is CCCn1c(Cl)nc2nc(C34CCC(COc5ccc(C)cn5)(CC3)CC4)[nH]c2c1=O. The Kier molecular flexibility index (Phi) is 5.04. The van der Waals surface area contributed by atoms with Crippen molar-refractivity contribution >= 4 is 22.8 Å². The van der Waals surface area contributed by atoms with E-state index in [4.69, 9.17) is 21.3 Å². The van der Waals surface area contributed by atoms with Crippen LogP contribution < -0.4 is 10.3 Å². The number of H-pyrrole nitrogens is 1. The van der Waals surface area contributed by atoms with Gasteiger partial charge < -0.3 is 9.72 Å². The van der Waals surface area contributed by atoms with Crippen LogP contribution in [0.5, 0.6) is 5.88 Å². The van der Waals surface area contributed by atoms with Crippen molar-refractivity contribution in [1.82, 2.24) is 24.5 Å². The van der Waals surface area contributed by atoms with E-state index in [2.05, 4.69) is 15.0 Å². The van der Waals surface area contributed by atoms with Crippen LogP contribution in [0.1, 0.15) is 63.3 Å². The lowest BCUT2D eigenvalue weighted by Gasteiger charge is -2.52. The van der Waals surface area contributed by atoms with Crippen LogP contribution in [0.15, 0.2) is 23.1 Å². The number of nitrogens with zero attached hydrogens (tertiary/aromatic N) is 4. The number of hydrogen-bond acceptors (Lipinski definition) is 5. The number of imidazole rings is 1. The van der Waals surface area contributed by atoms with Gasteiger partial charge in [0.2, 0.25) is 11.2 Å². The number of aryl methyl sites for hydroxylation is 1. The Labute approximate surface area is 186 Å². The summed E-state index contributed by atoms with van der Waals surface area (Å²) in [5, 5.41) is 0.211. The molecule has 0 aliphatic heterocycles. The molecule has 3 aliphatic carbocycles. The molecule has 0 atom stereocenters. The van der Waals surface area contributed by atoms with Crippen molar-refractivity contribution in [2.24, 2.45) is 5.41 Å². The average molecular weight is 442 g/mol. The summed E-state index contributed by atoms with van der Waals surface area (Å²) in [6, 6.07) is 3.98. The highest BCUT2D eigenvalue weighted by Crippen LogP contribution is 2.57. The van der Waals surface area contributed by atoms with Gasteiger partial charge in [-0.15, -0.1) is 0 Å². The molecule has 8 heteroatoms. The van der Waals surface area contributed by atoms with E-state index in [1.165, 1.54) is 4.57 Å². The Morgan fingerprint density at radius 1 is 1.16 bits per heavy atom. The highest BCUT2D eigenvalue weighted by Gasteiger charge is 2.51. The first-order valence-corrected chi connectivity index (χ1v) is 11.5. The number of fused-ring (bicyclic) bond motifs is 4. The summed E-state index contributed by atoms with van der Waals surface area (Å²) in [7, 11) is 0. The van der Waals surface area contributed by atoms with Gasteiger partial charge in [-0.05, 0) is 69.0 Å². The molecule has 2 bridgehead atoms. The molecule has 3 aliphatic rings. The van der Waals surface area contributed by atoms with Gasteiger partial charge >= 0.3 is 0 Å². The molecule has 0 unspecified atom stereocenters. The van der Waals surface area contributed by atoms with Gasteiger partial charge in [-0.2, -0.15) is 4.98 Å². The smallest absolute Gasteiger partial charge is 0.280 e. The normalized spacial score (nSPS) is 25.3. The third kappa shape index (κ3) is 3.53. The fourth-order valence-electron chi connectivity index (χ4n) is 5.23. The van der Waals surface area contributed by atoms with Crippen LogP contribution in [0, 0.1) is 12.3 Å². The molecule has 3 fully saturated rings. The number of ether oxygens (including phenoxy) is 1. The lowest BCUT2D eigenvalue weighted by Crippen LogP contribution is -2.47. The van der Waals surface area contributed by atoms with E-state index in [1.54, 1.807) is 0 Å². The summed E-state index contributed by atoms with van der Waals surface area (Å²) in [5.41, 5.74) is 2.09. The maximum absolute atomic E-state index is 12.9. The molecule has 0 amide bonds. The highest BCUT2D eigenvalue weighted by molar-refractivity contribution is 6.28. The fourth-order valence-corrected chi connectivity index (χ4v) is 5.47. The lowest BCUT2D eigenvalue weighted by molar-refractivity contribution is -0.00258. The van der Waals surface area contributed by atoms with E-state index in [0.29, 0.717) is 30.2 Å². The number of aromatic nitrogens is 5. The monoisotopic (exact) mass is 441 g/mol. The Hall–Kier alpha value is -2.41. The molecular weight excluding hydrogens is 414 g/mol. The number of aromatic amines is 1. The van der Waals surface area contributed by atoms with Gasteiger partial charge in [0.25, 0.3) is 5.56 Å². The summed E-state index contributed by atoms with van der Waals surface area (Å²) in [5.74, 6) is 1.60.